The van der Waals surface area contributed by atoms with E-state index >= 15 is 0 Å². The molecule has 2 heteroatoms. The molecule has 0 saturated heterocycles. The third kappa shape index (κ3) is 4.40. The zero-order chi connectivity index (χ0) is 38.7. The summed E-state index contributed by atoms with van der Waals surface area (Å²) in [5.41, 5.74) is 17.3. The van der Waals surface area contributed by atoms with Crippen molar-refractivity contribution >= 4 is 60.5 Å². The molecule has 2 aliphatic rings. The van der Waals surface area contributed by atoms with Gasteiger partial charge in [0.25, 0.3) is 0 Å². The molecule has 0 radical (unpaired) electrons. The molecule has 1 aromatic heterocycles. The molecule has 0 amide bonds. The molecule has 0 N–H and O–H groups in total. The van der Waals surface area contributed by atoms with Crippen LogP contribution in [0.15, 0.2) is 217 Å². The molecule has 11 aromatic rings. The SMILES string of the molecule is c1ccc(N(c2ccc3c(c2)C2(c4ccccc4-c4ccccc42)c2ccccc2-3)c2cccc3oc4c(-c5ccc6ccccc6c5)c5ccccc5cc4c23)cc1. The quantitative estimate of drug-likeness (QED) is 0.178. The average Bonchev–Trinajstić information content (AvgIpc) is 3.93. The topological polar surface area (TPSA) is 16.4 Å². The minimum atomic E-state index is -0.445. The Balaban J connectivity index is 1.10. The lowest BCUT2D eigenvalue weighted by atomic mass is 9.70. The van der Waals surface area contributed by atoms with Crippen molar-refractivity contribution in [3.8, 4) is 33.4 Å². The predicted octanol–water partition coefficient (Wildman–Crippen LogP) is 15.4. The Kier molecular flexibility index (Phi) is 6.68. The van der Waals surface area contributed by atoms with Crippen molar-refractivity contribution in [3.05, 3.63) is 235 Å². The number of hydrogen-bond donors (Lipinski definition) is 0. The van der Waals surface area contributed by atoms with E-state index in [0.717, 1.165) is 50.1 Å². The number of furan rings is 1. The summed E-state index contributed by atoms with van der Waals surface area (Å²) in [5.74, 6) is 0. The number of benzene rings is 10. The first-order chi connectivity index (χ1) is 29.3. The number of rotatable bonds is 4. The highest BCUT2D eigenvalue weighted by Gasteiger charge is 2.51. The summed E-state index contributed by atoms with van der Waals surface area (Å²) >= 11 is 0. The first-order valence-corrected chi connectivity index (χ1v) is 20.4. The standard InChI is InChI=1S/C57H35NO/c1-2-18-40(19-3-1)58(41-31-32-46-45-23-10-13-26-50(45)57(51(46)35-41)48-24-11-8-21-43(48)44-22-9-12-25-49(44)57)52-27-14-28-53-55(52)47-34-38-17-6-7-20-42(38)54(56(47)59-53)39-30-29-36-15-4-5-16-37(36)33-39/h1-35H. The molecule has 1 heterocycles. The molecule has 2 aliphatic carbocycles. The van der Waals surface area contributed by atoms with E-state index in [-0.39, 0.29) is 0 Å². The van der Waals surface area contributed by atoms with Gasteiger partial charge in [0.05, 0.1) is 16.5 Å². The van der Waals surface area contributed by atoms with E-state index in [0.29, 0.717) is 0 Å². The molecule has 2 nitrogen and oxygen atoms in total. The van der Waals surface area contributed by atoms with Crippen molar-refractivity contribution in [2.75, 3.05) is 4.90 Å². The van der Waals surface area contributed by atoms with Crippen LogP contribution >= 0.6 is 0 Å². The molecular weight excluding hydrogens is 715 g/mol. The van der Waals surface area contributed by atoms with E-state index in [1.165, 1.54) is 66.1 Å². The van der Waals surface area contributed by atoms with Crippen molar-refractivity contribution in [2.45, 2.75) is 5.41 Å². The van der Waals surface area contributed by atoms with Crippen molar-refractivity contribution in [1.29, 1.82) is 0 Å². The van der Waals surface area contributed by atoms with Gasteiger partial charge in [-0.25, -0.2) is 0 Å². The van der Waals surface area contributed by atoms with E-state index in [1.807, 2.05) is 0 Å². The van der Waals surface area contributed by atoms with Gasteiger partial charge in [0.1, 0.15) is 11.2 Å². The maximum Gasteiger partial charge on any atom is 0.143 e. The van der Waals surface area contributed by atoms with Crippen molar-refractivity contribution in [3.63, 3.8) is 0 Å². The monoisotopic (exact) mass is 749 g/mol. The molecule has 274 valence electrons. The highest BCUT2D eigenvalue weighted by Crippen LogP contribution is 2.63. The highest BCUT2D eigenvalue weighted by molar-refractivity contribution is 6.22. The molecular formula is C57H35NO. The van der Waals surface area contributed by atoms with Gasteiger partial charge in [0.2, 0.25) is 0 Å². The molecule has 1 spiro atoms. The molecule has 10 aromatic carbocycles. The van der Waals surface area contributed by atoms with Gasteiger partial charge < -0.3 is 9.32 Å². The molecule has 0 bridgehead atoms. The predicted molar refractivity (Wildman–Crippen MR) is 245 cm³/mol. The van der Waals surface area contributed by atoms with Crippen molar-refractivity contribution in [1.82, 2.24) is 0 Å². The Labute approximate surface area is 341 Å². The lowest BCUT2D eigenvalue weighted by Crippen LogP contribution is -2.26. The summed E-state index contributed by atoms with van der Waals surface area (Å²) in [5, 5.41) is 6.99. The minimum Gasteiger partial charge on any atom is -0.455 e. The van der Waals surface area contributed by atoms with Crippen LogP contribution in [0.1, 0.15) is 22.3 Å². The van der Waals surface area contributed by atoms with Gasteiger partial charge in [-0.1, -0.05) is 164 Å². The van der Waals surface area contributed by atoms with Gasteiger partial charge in [-0.05, 0) is 120 Å². The summed E-state index contributed by atoms with van der Waals surface area (Å²) in [6.45, 7) is 0. The lowest BCUT2D eigenvalue weighted by molar-refractivity contribution is 0.670. The Morgan fingerprint density at radius 1 is 0.373 bits per heavy atom. The molecule has 13 rings (SSSR count). The van der Waals surface area contributed by atoms with E-state index in [2.05, 4.69) is 217 Å². The summed E-state index contributed by atoms with van der Waals surface area (Å²) in [4.78, 5) is 2.44. The van der Waals surface area contributed by atoms with E-state index in [9.17, 15) is 0 Å². The van der Waals surface area contributed by atoms with Gasteiger partial charge in [0.15, 0.2) is 0 Å². The Bertz CT molecular complexity index is 3460. The van der Waals surface area contributed by atoms with Crippen LogP contribution < -0.4 is 4.90 Å². The molecule has 0 unspecified atom stereocenters. The highest BCUT2D eigenvalue weighted by atomic mass is 16.3. The van der Waals surface area contributed by atoms with Crippen LogP contribution in [0.2, 0.25) is 0 Å². The minimum absolute atomic E-state index is 0.445. The number of para-hydroxylation sites is 1. The van der Waals surface area contributed by atoms with Crippen LogP contribution in [0, 0.1) is 0 Å². The van der Waals surface area contributed by atoms with E-state index < -0.39 is 5.41 Å². The van der Waals surface area contributed by atoms with Crippen LogP contribution in [0.5, 0.6) is 0 Å². The number of fused-ring (bicyclic) bond motifs is 15. The molecule has 0 fully saturated rings. The fourth-order valence-electron chi connectivity index (χ4n) is 10.6. The zero-order valence-electron chi connectivity index (χ0n) is 32.1. The maximum absolute atomic E-state index is 7.06. The fraction of sp³-hybridized carbons (Fsp3) is 0.0175. The van der Waals surface area contributed by atoms with Gasteiger partial charge >= 0.3 is 0 Å². The van der Waals surface area contributed by atoms with Crippen LogP contribution in [0.3, 0.4) is 0 Å². The van der Waals surface area contributed by atoms with Gasteiger partial charge in [-0.15, -0.1) is 0 Å². The molecule has 59 heavy (non-hydrogen) atoms. The van der Waals surface area contributed by atoms with E-state index in [4.69, 9.17) is 4.42 Å². The van der Waals surface area contributed by atoms with Crippen LogP contribution in [0.4, 0.5) is 17.1 Å². The van der Waals surface area contributed by atoms with Gasteiger partial charge in [0, 0.05) is 22.3 Å². The second-order valence-corrected chi connectivity index (χ2v) is 16.0. The third-order valence-corrected chi connectivity index (χ3v) is 13.0. The maximum atomic E-state index is 7.06. The third-order valence-electron chi connectivity index (χ3n) is 13.0. The van der Waals surface area contributed by atoms with Crippen molar-refractivity contribution < 1.29 is 4.42 Å². The number of anilines is 3. The van der Waals surface area contributed by atoms with Gasteiger partial charge in [-0.2, -0.15) is 0 Å². The lowest BCUT2D eigenvalue weighted by Gasteiger charge is -2.32. The summed E-state index contributed by atoms with van der Waals surface area (Å²) in [6, 6.07) is 77.9. The van der Waals surface area contributed by atoms with Gasteiger partial charge in [-0.3, -0.25) is 0 Å². The average molecular weight is 750 g/mol. The Hall–Kier alpha value is -7.68. The molecule has 0 atom stereocenters. The van der Waals surface area contributed by atoms with Crippen LogP contribution in [-0.4, -0.2) is 0 Å². The van der Waals surface area contributed by atoms with Crippen LogP contribution in [-0.2, 0) is 5.41 Å². The number of hydrogen-bond acceptors (Lipinski definition) is 2. The Morgan fingerprint density at radius 3 is 1.71 bits per heavy atom. The molecule has 0 saturated carbocycles. The summed E-state index contributed by atoms with van der Waals surface area (Å²) in [6.07, 6.45) is 0. The summed E-state index contributed by atoms with van der Waals surface area (Å²) < 4.78 is 7.06. The second-order valence-electron chi connectivity index (χ2n) is 16.0. The normalized spacial score (nSPS) is 13.2. The fourth-order valence-corrected chi connectivity index (χ4v) is 10.6. The first-order valence-electron chi connectivity index (χ1n) is 20.4. The van der Waals surface area contributed by atoms with E-state index in [1.54, 1.807) is 0 Å². The zero-order valence-corrected chi connectivity index (χ0v) is 32.1. The number of nitrogens with zero attached hydrogens (tertiary/aromatic N) is 1. The molecule has 0 aliphatic heterocycles. The first kappa shape index (κ1) is 32.4. The summed E-state index contributed by atoms with van der Waals surface area (Å²) in [7, 11) is 0. The smallest absolute Gasteiger partial charge is 0.143 e. The van der Waals surface area contributed by atoms with Crippen LogP contribution in [0.25, 0.3) is 76.9 Å². The largest absolute Gasteiger partial charge is 0.455 e. The second kappa shape index (κ2) is 12.2. The Morgan fingerprint density at radius 2 is 0.983 bits per heavy atom. The van der Waals surface area contributed by atoms with Crippen molar-refractivity contribution in [2.24, 2.45) is 0 Å².